The van der Waals surface area contributed by atoms with E-state index in [0.29, 0.717) is 0 Å². The lowest BCUT2D eigenvalue weighted by Gasteiger charge is -2.34. The van der Waals surface area contributed by atoms with Gasteiger partial charge < -0.3 is 25.8 Å². The standard InChI is InChI=1S/C53H43N7/c1-5-18-36(19-6-1)38-22-17-23-39(32-38)50-56-49(37-20-7-2-8-21-37)57-51(58-50)40-33-41(52-54-45-28-13-15-30-47(45)59(52)43-24-9-3-10-25-43)35-42(34-40)53-55-46-29-14-16-31-48(46)60(53)44-26-11-4-12-27-44/h1-35,49-50,52-56H,(H,57,58). The van der Waals surface area contributed by atoms with Crippen molar-refractivity contribution in [2.45, 2.75) is 24.7 Å². The van der Waals surface area contributed by atoms with Crippen molar-refractivity contribution in [2.24, 2.45) is 4.99 Å². The fourth-order valence-electron chi connectivity index (χ4n) is 8.87. The van der Waals surface area contributed by atoms with Crippen molar-refractivity contribution in [3.63, 3.8) is 0 Å². The Morgan fingerprint density at radius 1 is 0.367 bits per heavy atom. The minimum absolute atomic E-state index is 0.192. The van der Waals surface area contributed by atoms with E-state index in [1.807, 2.05) is 0 Å². The van der Waals surface area contributed by atoms with Crippen molar-refractivity contribution in [3.05, 3.63) is 240 Å². The van der Waals surface area contributed by atoms with Crippen LogP contribution < -0.4 is 31.1 Å². The third-order valence-electron chi connectivity index (χ3n) is 11.7. The second-order valence-corrected chi connectivity index (χ2v) is 15.5. The molecule has 0 aliphatic carbocycles. The summed E-state index contributed by atoms with van der Waals surface area (Å²) in [5.41, 5.74) is 14.5. The van der Waals surface area contributed by atoms with Crippen molar-refractivity contribution < 1.29 is 0 Å². The Morgan fingerprint density at radius 3 is 1.42 bits per heavy atom. The first-order valence-corrected chi connectivity index (χ1v) is 20.6. The minimum Gasteiger partial charge on any atom is -0.359 e. The van der Waals surface area contributed by atoms with Gasteiger partial charge in [-0.05, 0) is 106 Å². The van der Waals surface area contributed by atoms with Gasteiger partial charge in [-0.1, -0.05) is 140 Å². The summed E-state index contributed by atoms with van der Waals surface area (Å²) >= 11 is 0. The highest BCUT2D eigenvalue weighted by molar-refractivity contribution is 6.00. The van der Waals surface area contributed by atoms with Crippen molar-refractivity contribution in [1.29, 1.82) is 0 Å². The van der Waals surface area contributed by atoms with Gasteiger partial charge >= 0.3 is 0 Å². The van der Waals surface area contributed by atoms with Crippen molar-refractivity contribution in [2.75, 3.05) is 20.4 Å². The van der Waals surface area contributed by atoms with Crippen LogP contribution in [0.15, 0.2) is 217 Å². The maximum absolute atomic E-state index is 5.47. The molecule has 8 aromatic carbocycles. The van der Waals surface area contributed by atoms with Crippen LogP contribution >= 0.6 is 0 Å². The van der Waals surface area contributed by atoms with Gasteiger partial charge in [0, 0.05) is 16.9 Å². The van der Waals surface area contributed by atoms with Crippen LogP contribution in [0.5, 0.6) is 0 Å². The van der Waals surface area contributed by atoms with Crippen LogP contribution in [0.25, 0.3) is 11.1 Å². The van der Waals surface area contributed by atoms with Crippen LogP contribution in [-0.2, 0) is 0 Å². The van der Waals surface area contributed by atoms with E-state index in [1.54, 1.807) is 0 Å². The molecule has 0 bridgehead atoms. The molecule has 0 amide bonds. The molecule has 11 rings (SSSR count). The van der Waals surface area contributed by atoms with Gasteiger partial charge in [0.05, 0.1) is 22.7 Å². The van der Waals surface area contributed by atoms with Gasteiger partial charge in [0.15, 0.2) is 0 Å². The molecule has 0 saturated carbocycles. The molecule has 4 N–H and O–H groups in total. The summed E-state index contributed by atoms with van der Waals surface area (Å²) in [6.07, 6.45) is -0.891. The number of aliphatic imine (C=N–C) groups is 1. The molecule has 0 radical (unpaired) electrons. The molecule has 7 nitrogen and oxygen atoms in total. The van der Waals surface area contributed by atoms with E-state index in [1.165, 1.54) is 11.1 Å². The average molecular weight is 778 g/mol. The highest BCUT2D eigenvalue weighted by atomic mass is 15.3. The molecule has 3 aliphatic rings. The Kier molecular flexibility index (Phi) is 9.06. The SMILES string of the molecule is c1ccc(-c2cccc(C3NC(c4cc(C5Nc6ccccc6N5c5ccccc5)cc(C5Nc6ccccc6N5c5ccccc5)c4)=NC(c4ccccc4)N3)c2)cc1. The lowest BCUT2D eigenvalue weighted by molar-refractivity contribution is 0.409. The van der Waals surface area contributed by atoms with Gasteiger partial charge in [0.1, 0.15) is 30.5 Å². The maximum Gasteiger partial charge on any atom is 0.131 e. The van der Waals surface area contributed by atoms with Gasteiger partial charge in [-0.3, -0.25) is 5.32 Å². The fraction of sp³-hybridized carbons (Fsp3) is 0.0755. The summed E-state index contributed by atoms with van der Waals surface area (Å²) < 4.78 is 0. The number of nitrogens with zero attached hydrogens (tertiary/aromatic N) is 3. The van der Waals surface area contributed by atoms with Gasteiger partial charge in [-0.25, -0.2) is 4.99 Å². The molecule has 4 atom stereocenters. The molecule has 0 saturated heterocycles. The molecule has 0 spiro atoms. The van der Waals surface area contributed by atoms with E-state index in [9.17, 15) is 0 Å². The Hall–Kier alpha value is -7.61. The largest absolute Gasteiger partial charge is 0.359 e. The van der Waals surface area contributed by atoms with Crippen molar-refractivity contribution in [3.8, 4) is 11.1 Å². The van der Waals surface area contributed by atoms with Gasteiger partial charge in [0.25, 0.3) is 0 Å². The summed E-state index contributed by atoms with van der Waals surface area (Å²) in [5.74, 6) is 0.823. The Balaban J connectivity index is 1.08. The molecule has 0 fully saturated rings. The Labute approximate surface area is 350 Å². The van der Waals surface area contributed by atoms with E-state index in [0.717, 1.165) is 67.8 Å². The zero-order chi connectivity index (χ0) is 39.8. The second kappa shape index (κ2) is 15.3. The van der Waals surface area contributed by atoms with Gasteiger partial charge in [-0.15, -0.1) is 0 Å². The molecule has 0 aromatic heterocycles. The van der Waals surface area contributed by atoms with Gasteiger partial charge in [-0.2, -0.15) is 0 Å². The lowest BCUT2D eigenvalue weighted by Crippen LogP contribution is -2.45. The molecule has 8 aromatic rings. The lowest BCUT2D eigenvalue weighted by atomic mass is 9.98. The topological polar surface area (TPSA) is 67.0 Å². The molecular weight excluding hydrogens is 735 g/mol. The van der Waals surface area contributed by atoms with E-state index in [2.05, 4.69) is 243 Å². The van der Waals surface area contributed by atoms with E-state index >= 15 is 0 Å². The van der Waals surface area contributed by atoms with Crippen LogP contribution in [0.4, 0.5) is 34.1 Å². The van der Waals surface area contributed by atoms with Crippen LogP contribution in [0, 0.1) is 0 Å². The quantitative estimate of drug-likeness (QED) is 0.123. The molecular formula is C53H43N7. The first-order chi connectivity index (χ1) is 29.7. The number of amidine groups is 1. The summed E-state index contributed by atoms with van der Waals surface area (Å²) in [4.78, 5) is 10.3. The van der Waals surface area contributed by atoms with E-state index in [4.69, 9.17) is 4.99 Å². The van der Waals surface area contributed by atoms with Crippen LogP contribution in [-0.4, -0.2) is 5.84 Å². The van der Waals surface area contributed by atoms with Crippen LogP contribution in [0.3, 0.4) is 0 Å². The number of hydrogen-bond acceptors (Lipinski definition) is 7. The van der Waals surface area contributed by atoms with Crippen molar-refractivity contribution >= 4 is 40.0 Å². The van der Waals surface area contributed by atoms with E-state index < -0.39 is 0 Å². The minimum atomic E-state index is -0.288. The number of para-hydroxylation sites is 6. The molecule has 4 unspecified atom stereocenters. The van der Waals surface area contributed by atoms with E-state index in [-0.39, 0.29) is 24.7 Å². The summed E-state index contributed by atoms with van der Waals surface area (Å²) in [6.45, 7) is 0. The highest BCUT2D eigenvalue weighted by Crippen LogP contribution is 2.49. The third kappa shape index (κ3) is 6.61. The zero-order valence-corrected chi connectivity index (χ0v) is 32.9. The molecule has 290 valence electrons. The Morgan fingerprint density at radius 2 is 0.833 bits per heavy atom. The number of anilines is 6. The van der Waals surface area contributed by atoms with Crippen molar-refractivity contribution in [1.82, 2.24) is 10.6 Å². The number of benzene rings is 8. The number of fused-ring (bicyclic) bond motifs is 2. The molecule has 3 aliphatic heterocycles. The molecule has 3 heterocycles. The first-order valence-electron chi connectivity index (χ1n) is 20.6. The predicted molar refractivity (Wildman–Crippen MR) is 246 cm³/mol. The fourth-order valence-corrected chi connectivity index (χ4v) is 8.87. The number of rotatable bonds is 8. The monoisotopic (exact) mass is 777 g/mol. The average Bonchev–Trinajstić information content (AvgIpc) is 3.92. The smallest absolute Gasteiger partial charge is 0.131 e. The maximum atomic E-state index is 5.47. The van der Waals surface area contributed by atoms with Crippen LogP contribution in [0.2, 0.25) is 0 Å². The third-order valence-corrected chi connectivity index (χ3v) is 11.7. The number of nitrogens with one attached hydrogen (secondary N) is 4. The second-order valence-electron chi connectivity index (χ2n) is 15.5. The normalized spacial score (nSPS) is 19.0. The molecule has 7 heteroatoms. The zero-order valence-electron chi connectivity index (χ0n) is 32.9. The summed E-state index contributed by atoms with van der Waals surface area (Å²) in [7, 11) is 0. The highest BCUT2D eigenvalue weighted by Gasteiger charge is 2.36. The van der Waals surface area contributed by atoms with Crippen LogP contribution in [0.1, 0.15) is 52.5 Å². The van der Waals surface area contributed by atoms with Gasteiger partial charge in [0.2, 0.25) is 0 Å². The Bertz CT molecular complexity index is 2700. The molecule has 60 heavy (non-hydrogen) atoms. The predicted octanol–water partition coefficient (Wildman–Crippen LogP) is 12.2. The summed E-state index contributed by atoms with van der Waals surface area (Å²) in [5, 5.41) is 15.6. The number of hydrogen-bond donors (Lipinski definition) is 4. The summed E-state index contributed by atoms with van der Waals surface area (Å²) in [6, 6.07) is 75.4. The first kappa shape index (κ1) is 35.5.